The lowest BCUT2D eigenvalue weighted by Crippen LogP contribution is -2.49. The molecule has 5 rings (SSSR count). The van der Waals surface area contributed by atoms with Gasteiger partial charge >= 0.3 is 5.97 Å². The number of hydrogen-bond donors (Lipinski definition) is 0. The van der Waals surface area contributed by atoms with E-state index in [1.807, 2.05) is 17.0 Å². The van der Waals surface area contributed by atoms with Gasteiger partial charge in [-0.15, -0.1) is 0 Å². The van der Waals surface area contributed by atoms with E-state index in [-0.39, 0.29) is 37.2 Å². The van der Waals surface area contributed by atoms with Gasteiger partial charge in [0.2, 0.25) is 5.91 Å². The van der Waals surface area contributed by atoms with Crippen LogP contribution in [0.3, 0.4) is 0 Å². The van der Waals surface area contributed by atoms with E-state index >= 15 is 0 Å². The van der Waals surface area contributed by atoms with E-state index < -0.39 is 11.9 Å². The van der Waals surface area contributed by atoms with Gasteiger partial charge in [0.25, 0.3) is 5.91 Å². The fraction of sp³-hybridized carbons (Fsp3) is 0.303. The molecule has 0 saturated carbocycles. The van der Waals surface area contributed by atoms with Crippen molar-refractivity contribution in [1.29, 1.82) is 0 Å². The first kappa shape index (κ1) is 29.3. The minimum atomic E-state index is -0.470. The Kier molecular flexibility index (Phi) is 8.92. The van der Waals surface area contributed by atoms with Crippen LogP contribution >= 0.6 is 11.6 Å². The third kappa shape index (κ3) is 6.19. The Bertz CT molecular complexity index is 1530. The van der Waals surface area contributed by atoms with E-state index in [1.54, 1.807) is 78.2 Å². The van der Waals surface area contributed by atoms with Crippen LogP contribution in [-0.2, 0) is 20.9 Å². The zero-order valence-electron chi connectivity index (χ0n) is 23.7. The molecule has 42 heavy (non-hydrogen) atoms. The third-order valence-corrected chi connectivity index (χ3v) is 8.08. The largest absolute Gasteiger partial charge is 0.463 e. The van der Waals surface area contributed by atoms with Crippen LogP contribution in [0.25, 0.3) is 0 Å². The van der Waals surface area contributed by atoms with Crippen molar-refractivity contribution in [3.8, 4) is 0 Å². The van der Waals surface area contributed by atoms with Crippen LogP contribution < -0.4 is 4.90 Å². The Morgan fingerprint density at radius 1 is 0.976 bits per heavy atom. The lowest BCUT2D eigenvalue weighted by atomic mass is 9.83. The van der Waals surface area contributed by atoms with E-state index in [4.69, 9.17) is 16.3 Å². The van der Waals surface area contributed by atoms with Gasteiger partial charge in [-0.25, -0.2) is 9.18 Å². The molecule has 2 heterocycles. The molecule has 2 aliphatic heterocycles. The number of carbonyl (C=O) groups excluding carboxylic acids is 3. The number of amides is 2. The summed E-state index contributed by atoms with van der Waals surface area (Å²) in [4.78, 5) is 45.2. The Balaban J connectivity index is 1.34. The number of benzene rings is 3. The van der Waals surface area contributed by atoms with Crippen LogP contribution in [0.1, 0.15) is 47.7 Å². The number of ether oxygens (including phenoxy) is 1. The van der Waals surface area contributed by atoms with Crippen molar-refractivity contribution >= 4 is 35.1 Å². The molecule has 0 aliphatic carbocycles. The number of halogens is 2. The number of carbonyl (C=O) groups is 3. The van der Waals surface area contributed by atoms with Crippen molar-refractivity contribution in [3.05, 3.63) is 112 Å². The smallest absolute Gasteiger partial charge is 0.336 e. The average Bonchev–Trinajstić information content (AvgIpc) is 2.99. The second kappa shape index (κ2) is 12.8. The van der Waals surface area contributed by atoms with Crippen LogP contribution in [-0.4, -0.2) is 60.4 Å². The molecule has 1 saturated heterocycles. The molecule has 0 N–H and O–H groups in total. The molecule has 3 aromatic rings. The first-order valence-electron chi connectivity index (χ1n) is 14.1. The maximum Gasteiger partial charge on any atom is 0.336 e. The van der Waals surface area contributed by atoms with E-state index in [1.165, 1.54) is 6.07 Å². The van der Waals surface area contributed by atoms with Crippen molar-refractivity contribution < 1.29 is 23.5 Å². The lowest BCUT2D eigenvalue weighted by Gasteiger charge is -2.36. The zero-order chi connectivity index (χ0) is 29.8. The number of nitrogens with zero attached hydrogens (tertiary/aromatic N) is 3. The van der Waals surface area contributed by atoms with Gasteiger partial charge < -0.3 is 19.4 Å². The molecule has 0 aromatic heterocycles. The summed E-state index contributed by atoms with van der Waals surface area (Å²) < 4.78 is 19.6. The number of piperazine rings is 1. The molecule has 1 atom stereocenters. The van der Waals surface area contributed by atoms with Crippen molar-refractivity contribution in [2.45, 2.75) is 32.7 Å². The summed E-state index contributed by atoms with van der Waals surface area (Å²) in [5.74, 6) is -1.45. The number of hydrogen-bond acceptors (Lipinski definition) is 5. The predicted octanol–water partition coefficient (Wildman–Crippen LogP) is 5.79. The maximum absolute atomic E-state index is 14.2. The van der Waals surface area contributed by atoms with E-state index in [0.717, 1.165) is 11.1 Å². The highest BCUT2D eigenvalue weighted by molar-refractivity contribution is 6.30. The summed E-state index contributed by atoms with van der Waals surface area (Å²) >= 11 is 6.22. The van der Waals surface area contributed by atoms with Gasteiger partial charge in [0.05, 0.1) is 24.4 Å². The summed E-state index contributed by atoms with van der Waals surface area (Å²) in [6.45, 7) is 5.92. The van der Waals surface area contributed by atoms with Crippen LogP contribution in [0.2, 0.25) is 5.02 Å². The fourth-order valence-electron chi connectivity index (χ4n) is 5.71. The SMILES string of the molecule is CCOC(=O)C1=C(C)N(Cc2cccc(C(=O)N3CCN(c4ccccc4F)CC3)c2)C(=O)CC1c1cccc(Cl)c1. The highest BCUT2D eigenvalue weighted by Crippen LogP contribution is 2.38. The molecule has 9 heteroatoms. The van der Waals surface area contributed by atoms with E-state index in [2.05, 4.69) is 0 Å². The summed E-state index contributed by atoms with van der Waals surface area (Å²) in [6, 6.07) is 21.0. The second-order valence-corrected chi connectivity index (χ2v) is 10.9. The monoisotopic (exact) mass is 589 g/mol. The highest BCUT2D eigenvalue weighted by Gasteiger charge is 2.37. The molecule has 1 fully saturated rings. The van der Waals surface area contributed by atoms with E-state index in [9.17, 15) is 18.8 Å². The van der Waals surface area contributed by atoms with E-state index in [0.29, 0.717) is 53.7 Å². The number of esters is 1. The third-order valence-electron chi connectivity index (χ3n) is 7.84. The van der Waals surface area contributed by atoms with Crippen LogP contribution in [0, 0.1) is 5.82 Å². The van der Waals surface area contributed by atoms with Gasteiger partial charge in [-0.05, 0) is 61.4 Å². The zero-order valence-corrected chi connectivity index (χ0v) is 24.4. The second-order valence-electron chi connectivity index (χ2n) is 10.4. The van der Waals surface area contributed by atoms with Crippen LogP contribution in [0.5, 0.6) is 0 Å². The summed E-state index contributed by atoms with van der Waals surface area (Å²) in [7, 11) is 0. The molecular weight excluding hydrogens is 557 g/mol. The van der Waals surface area contributed by atoms with Gasteiger partial charge in [-0.1, -0.05) is 48.0 Å². The Morgan fingerprint density at radius 2 is 1.71 bits per heavy atom. The number of rotatable bonds is 7. The average molecular weight is 590 g/mol. The first-order chi connectivity index (χ1) is 20.3. The molecule has 0 spiro atoms. The van der Waals surface area contributed by atoms with Gasteiger partial charge in [0.1, 0.15) is 5.82 Å². The summed E-state index contributed by atoms with van der Waals surface area (Å²) in [6.07, 6.45) is 0.0940. The lowest BCUT2D eigenvalue weighted by molar-refractivity contribution is -0.140. The first-order valence-corrected chi connectivity index (χ1v) is 14.5. The molecule has 1 unspecified atom stereocenters. The highest BCUT2D eigenvalue weighted by atomic mass is 35.5. The van der Waals surface area contributed by atoms with Gasteiger partial charge in [-0.2, -0.15) is 0 Å². The number of anilines is 1. The quantitative estimate of drug-likeness (QED) is 0.326. The van der Waals surface area contributed by atoms with Crippen LogP contribution in [0.15, 0.2) is 84.1 Å². The molecule has 218 valence electrons. The summed E-state index contributed by atoms with van der Waals surface area (Å²) in [5.41, 5.74) is 3.55. The molecule has 2 aliphatic rings. The van der Waals surface area contributed by atoms with Crippen molar-refractivity contribution in [2.24, 2.45) is 0 Å². The minimum Gasteiger partial charge on any atom is -0.463 e. The predicted molar refractivity (Wildman–Crippen MR) is 160 cm³/mol. The Hall–Kier alpha value is -4.17. The van der Waals surface area contributed by atoms with Crippen LogP contribution in [0.4, 0.5) is 10.1 Å². The molecule has 0 radical (unpaired) electrons. The molecule has 2 amide bonds. The normalized spacial score (nSPS) is 17.5. The molecule has 3 aromatic carbocycles. The number of allylic oxidation sites excluding steroid dienone is 1. The van der Waals surface area contributed by atoms with Gasteiger partial charge in [-0.3, -0.25) is 9.59 Å². The van der Waals surface area contributed by atoms with Gasteiger partial charge in [0, 0.05) is 54.8 Å². The van der Waals surface area contributed by atoms with Crippen molar-refractivity contribution in [1.82, 2.24) is 9.80 Å². The molecular formula is C33H33ClFN3O4. The summed E-state index contributed by atoms with van der Waals surface area (Å²) in [5, 5.41) is 0.526. The standard InChI is InChI=1S/C33H33ClFN3O4/c1-3-42-33(41)31-22(2)38(30(39)20-27(31)24-9-7-11-26(34)19-24)21-23-8-6-10-25(18-23)32(40)37-16-14-36(15-17-37)29-13-5-4-12-28(29)35/h4-13,18-19,27H,3,14-17,20-21H2,1-2H3. The molecule has 0 bridgehead atoms. The fourth-order valence-corrected chi connectivity index (χ4v) is 5.91. The number of para-hydroxylation sites is 1. The van der Waals surface area contributed by atoms with Crippen molar-refractivity contribution in [2.75, 3.05) is 37.7 Å². The minimum absolute atomic E-state index is 0.0940. The maximum atomic E-state index is 14.2. The Labute approximate surface area is 250 Å². The molecule has 7 nitrogen and oxygen atoms in total. The van der Waals surface area contributed by atoms with Crippen molar-refractivity contribution in [3.63, 3.8) is 0 Å². The van der Waals surface area contributed by atoms with Gasteiger partial charge in [0.15, 0.2) is 0 Å². The Morgan fingerprint density at radius 3 is 2.43 bits per heavy atom. The topological polar surface area (TPSA) is 70.2 Å².